The molecule has 0 aliphatic carbocycles. The van der Waals surface area contributed by atoms with Crippen LogP contribution in [0.4, 0.5) is 0 Å². The van der Waals surface area contributed by atoms with Crippen molar-refractivity contribution in [1.82, 2.24) is 15.4 Å². The summed E-state index contributed by atoms with van der Waals surface area (Å²) in [5.74, 6) is 1.34. The van der Waals surface area contributed by atoms with Crippen molar-refractivity contribution in [3.05, 3.63) is 57.1 Å². The van der Waals surface area contributed by atoms with Gasteiger partial charge in [-0.25, -0.2) is 15.4 Å². The number of benzene rings is 1. The summed E-state index contributed by atoms with van der Waals surface area (Å²) >= 11 is 3.47. The van der Waals surface area contributed by atoms with Crippen LogP contribution < -0.4 is 5.48 Å². The van der Waals surface area contributed by atoms with Crippen LogP contribution in [0.3, 0.4) is 0 Å². The molecule has 23 heavy (non-hydrogen) atoms. The number of aliphatic imine (C=N–C) groups is 1. The Labute approximate surface area is 144 Å². The molecule has 0 amide bonds. The highest BCUT2D eigenvalue weighted by Crippen LogP contribution is 2.18. The maximum Gasteiger partial charge on any atom is 0.173 e. The van der Waals surface area contributed by atoms with Gasteiger partial charge in [0.1, 0.15) is 11.5 Å². The van der Waals surface area contributed by atoms with Crippen LogP contribution in [-0.4, -0.2) is 28.5 Å². The fourth-order valence-corrected chi connectivity index (χ4v) is 3.00. The number of nitrogens with one attached hydrogen (secondary N) is 1. The predicted octanol–water partition coefficient (Wildman–Crippen LogP) is 3.06. The van der Waals surface area contributed by atoms with Crippen molar-refractivity contribution in [3.63, 3.8) is 0 Å². The van der Waals surface area contributed by atoms with Crippen LogP contribution in [0, 0.1) is 20.8 Å². The molecule has 3 rings (SSSR count). The van der Waals surface area contributed by atoms with E-state index in [1.165, 1.54) is 16.7 Å². The van der Waals surface area contributed by atoms with Gasteiger partial charge in [-0.05, 0) is 54.2 Å². The number of hydrogen-bond donors (Lipinski definition) is 1. The van der Waals surface area contributed by atoms with Gasteiger partial charge in [0.15, 0.2) is 5.84 Å². The minimum absolute atomic E-state index is 0.0647. The lowest BCUT2D eigenvalue weighted by Gasteiger charge is -2.22. The van der Waals surface area contributed by atoms with Crippen molar-refractivity contribution in [2.24, 2.45) is 4.99 Å². The summed E-state index contributed by atoms with van der Waals surface area (Å²) in [6.45, 7) is 6.64. The number of aryl methyl sites for hydroxylation is 3. The molecule has 1 aromatic heterocycles. The molecule has 0 fully saturated rings. The Morgan fingerprint density at radius 2 is 2.13 bits per heavy atom. The van der Waals surface area contributed by atoms with E-state index < -0.39 is 0 Å². The van der Waals surface area contributed by atoms with E-state index >= 15 is 0 Å². The molecule has 0 saturated carbocycles. The third-order valence-electron chi connectivity index (χ3n) is 3.80. The minimum Gasteiger partial charge on any atom is -0.272 e. The molecule has 6 heteroatoms. The number of amidine groups is 1. The molecular weight excluding hydrogens is 356 g/mol. The lowest BCUT2D eigenvalue weighted by Crippen LogP contribution is -2.37. The molecule has 1 N–H and O–H groups in total. The molecule has 1 aliphatic rings. The molecule has 0 unspecified atom stereocenters. The summed E-state index contributed by atoms with van der Waals surface area (Å²) in [4.78, 5) is 18.9. The Bertz CT molecular complexity index is 760. The predicted molar refractivity (Wildman–Crippen MR) is 93.5 cm³/mol. The molecule has 0 saturated heterocycles. The lowest BCUT2D eigenvalue weighted by molar-refractivity contribution is 0.0622. The molecule has 120 valence electrons. The van der Waals surface area contributed by atoms with E-state index in [9.17, 15) is 0 Å². The average molecular weight is 375 g/mol. The molecule has 1 aliphatic heterocycles. The van der Waals surface area contributed by atoms with Gasteiger partial charge in [-0.3, -0.25) is 9.83 Å². The van der Waals surface area contributed by atoms with E-state index in [2.05, 4.69) is 63.4 Å². The van der Waals surface area contributed by atoms with E-state index in [0.29, 0.717) is 18.3 Å². The van der Waals surface area contributed by atoms with Crippen molar-refractivity contribution in [1.29, 1.82) is 0 Å². The molecule has 0 radical (unpaired) electrons. The Morgan fingerprint density at radius 3 is 2.91 bits per heavy atom. The molecule has 0 spiro atoms. The van der Waals surface area contributed by atoms with E-state index in [0.717, 1.165) is 16.6 Å². The molecule has 5 nitrogen and oxygen atoms in total. The lowest BCUT2D eigenvalue weighted by atomic mass is 9.99. The third kappa shape index (κ3) is 3.76. The number of hydrogen-bond acceptors (Lipinski definition) is 5. The van der Waals surface area contributed by atoms with Gasteiger partial charge in [0.25, 0.3) is 0 Å². The standard InChI is InChI=1S/C17H19BrN4O/c1-10-4-5-13(11(2)6-10)7-14-9-23-22-17(21-14)16-15(18)8-19-12(3)20-16/h4-6,8,14H,7,9H2,1-3H3,(H,21,22)/t14-/m1/s1. The van der Waals surface area contributed by atoms with Crippen LogP contribution in [0.25, 0.3) is 0 Å². The molecule has 0 bridgehead atoms. The number of nitrogens with zero attached hydrogens (tertiary/aromatic N) is 3. The van der Waals surface area contributed by atoms with Gasteiger partial charge in [-0.1, -0.05) is 23.8 Å². The Balaban J connectivity index is 1.85. The summed E-state index contributed by atoms with van der Waals surface area (Å²) in [6, 6.07) is 6.58. The van der Waals surface area contributed by atoms with E-state index in [1.807, 2.05) is 6.92 Å². The van der Waals surface area contributed by atoms with Crippen molar-refractivity contribution >= 4 is 21.8 Å². The minimum atomic E-state index is 0.0647. The first-order valence-electron chi connectivity index (χ1n) is 7.54. The average Bonchev–Trinajstić information content (AvgIpc) is 2.53. The first-order valence-corrected chi connectivity index (χ1v) is 8.33. The zero-order chi connectivity index (χ0) is 16.4. The second kappa shape index (κ2) is 6.76. The van der Waals surface area contributed by atoms with Crippen molar-refractivity contribution < 1.29 is 4.84 Å². The van der Waals surface area contributed by atoms with Gasteiger partial charge in [-0.2, -0.15) is 0 Å². The van der Waals surface area contributed by atoms with Crippen LogP contribution in [0.1, 0.15) is 28.2 Å². The van der Waals surface area contributed by atoms with Gasteiger partial charge in [0, 0.05) is 6.20 Å². The number of halogens is 1. The number of rotatable bonds is 3. The highest BCUT2D eigenvalue weighted by atomic mass is 79.9. The van der Waals surface area contributed by atoms with Crippen molar-refractivity contribution in [2.45, 2.75) is 33.2 Å². The number of aromatic nitrogens is 2. The Kier molecular flexibility index (Phi) is 4.73. The van der Waals surface area contributed by atoms with Gasteiger partial charge >= 0.3 is 0 Å². The Hall–Kier alpha value is -1.79. The fraction of sp³-hybridized carbons (Fsp3) is 0.353. The maximum atomic E-state index is 5.52. The van der Waals surface area contributed by atoms with Crippen molar-refractivity contribution in [2.75, 3.05) is 6.61 Å². The fourth-order valence-electron chi connectivity index (χ4n) is 2.62. The Morgan fingerprint density at radius 1 is 1.30 bits per heavy atom. The molecular formula is C17H19BrN4O. The van der Waals surface area contributed by atoms with Crippen LogP contribution in [0.5, 0.6) is 0 Å². The first-order chi connectivity index (χ1) is 11.0. The quantitative estimate of drug-likeness (QED) is 0.896. The summed E-state index contributed by atoms with van der Waals surface area (Å²) in [5, 5.41) is 0. The highest BCUT2D eigenvalue weighted by Gasteiger charge is 2.20. The van der Waals surface area contributed by atoms with Gasteiger partial charge < -0.3 is 0 Å². The summed E-state index contributed by atoms with van der Waals surface area (Å²) in [6.07, 6.45) is 2.58. The second-order valence-corrected chi connectivity index (χ2v) is 6.65. The van der Waals surface area contributed by atoms with Crippen molar-refractivity contribution in [3.8, 4) is 0 Å². The summed E-state index contributed by atoms with van der Waals surface area (Å²) in [7, 11) is 0. The SMILES string of the molecule is Cc1ccc(C[C@@H]2CONC(c3nc(C)ncc3Br)=N2)c(C)c1. The largest absolute Gasteiger partial charge is 0.272 e. The summed E-state index contributed by atoms with van der Waals surface area (Å²) < 4.78 is 0.796. The second-order valence-electron chi connectivity index (χ2n) is 5.79. The maximum absolute atomic E-state index is 5.52. The zero-order valence-electron chi connectivity index (χ0n) is 13.4. The smallest absolute Gasteiger partial charge is 0.173 e. The van der Waals surface area contributed by atoms with E-state index in [1.54, 1.807) is 6.20 Å². The monoisotopic (exact) mass is 374 g/mol. The van der Waals surface area contributed by atoms with E-state index in [-0.39, 0.29) is 6.04 Å². The van der Waals surface area contributed by atoms with Gasteiger partial charge in [-0.15, -0.1) is 0 Å². The van der Waals surface area contributed by atoms with Crippen LogP contribution in [0.2, 0.25) is 0 Å². The first kappa shape index (κ1) is 16.1. The zero-order valence-corrected chi connectivity index (χ0v) is 15.0. The van der Waals surface area contributed by atoms with Gasteiger partial charge in [0.2, 0.25) is 0 Å². The highest BCUT2D eigenvalue weighted by molar-refractivity contribution is 9.10. The number of hydroxylamine groups is 1. The topological polar surface area (TPSA) is 59.4 Å². The van der Waals surface area contributed by atoms with Crippen LogP contribution in [-0.2, 0) is 11.3 Å². The van der Waals surface area contributed by atoms with Crippen LogP contribution >= 0.6 is 15.9 Å². The molecule has 1 atom stereocenters. The summed E-state index contributed by atoms with van der Waals surface area (Å²) in [5.41, 5.74) is 7.46. The van der Waals surface area contributed by atoms with Gasteiger partial charge in [0.05, 0.1) is 17.1 Å². The van der Waals surface area contributed by atoms with E-state index in [4.69, 9.17) is 9.83 Å². The molecule has 2 heterocycles. The normalized spacial score (nSPS) is 17.6. The third-order valence-corrected chi connectivity index (χ3v) is 4.38. The molecule has 2 aromatic rings. The van der Waals surface area contributed by atoms with Crippen LogP contribution in [0.15, 0.2) is 33.9 Å². The molecule has 1 aromatic carbocycles.